The molecule has 0 saturated carbocycles. The molecule has 2 heterocycles. The van der Waals surface area contributed by atoms with Gasteiger partial charge in [0.25, 0.3) is 0 Å². The third-order valence-corrected chi connectivity index (χ3v) is 5.09. The quantitative estimate of drug-likeness (QED) is 0.660. The summed E-state index contributed by atoms with van der Waals surface area (Å²) in [6.45, 7) is 6.40. The first-order valence-electron chi connectivity index (χ1n) is 7.00. The largest absolute Gasteiger partial charge is 0.296 e. The van der Waals surface area contributed by atoms with Crippen molar-refractivity contribution >= 4 is 28.5 Å². The van der Waals surface area contributed by atoms with Crippen molar-refractivity contribution in [2.24, 2.45) is 0 Å². The van der Waals surface area contributed by atoms with E-state index in [1.165, 1.54) is 16.2 Å². The van der Waals surface area contributed by atoms with Crippen LogP contribution in [0.1, 0.15) is 41.2 Å². The van der Waals surface area contributed by atoms with Crippen molar-refractivity contribution in [1.82, 2.24) is 4.90 Å². The third-order valence-electron chi connectivity index (χ3n) is 3.31. The van der Waals surface area contributed by atoms with Crippen LogP contribution in [0.2, 0.25) is 0 Å². The van der Waals surface area contributed by atoms with Crippen LogP contribution in [-0.4, -0.2) is 23.3 Å². The highest BCUT2D eigenvalue weighted by Crippen LogP contribution is 2.16. The number of rotatable bonds is 8. The van der Waals surface area contributed by atoms with Crippen LogP contribution in [0.3, 0.4) is 0 Å². The van der Waals surface area contributed by atoms with E-state index in [1.807, 2.05) is 17.5 Å². The molecule has 108 valence electrons. The van der Waals surface area contributed by atoms with Crippen LogP contribution < -0.4 is 0 Å². The van der Waals surface area contributed by atoms with Gasteiger partial charge in [0.15, 0.2) is 5.78 Å². The highest BCUT2D eigenvalue weighted by atomic mass is 32.1. The van der Waals surface area contributed by atoms with Gasteiger partial charge in [0.2, 0.25) is 0 Å². The lowest BCUT2D eigenvalue weighted by atomic mass is 10.1. The van der Waals surface area contributed by atoms with E-state index in [4.69, 9.17) is 0 Å². The van der Waals surface area contributed by atoms with Crippen LogP contribution in [0.4, 0.5) is 0 Å². The Morgan fingerprint density at radius 3 is 2.55 bits per heavy atom. The van der Waals surface area contributed by atoms with E-state index in [0.29, 0.717) is 12.5 Å². The fourth-order valence-electron chi connectivity index (χ4n) is 2.13. The molecule has 20 heavy (non-hydrogen) atoms. The van der Waals surface area contributed by atoms with Crippen molar-refractivity contribution < 1.29 is 4.79 Å². The highest BCUT2D eigenvalue weighted by Gasteiger charge is 2.12. The standard InChI is InChI=1S/C16H21NOS2/c1-13(2)17(12-14-6-4-10-19-14)9-3-7-15(18)16-8-5-11-20-16/h4-6,8,10-11,13H,3,7,9,12H2,1-2H3. The Morgan fingerprint density at radius 2 is 1.95 bits per heavy atom. The number of carbonyl (C=O) groups excluding carboxylic acids is 1. The molecule has 0 fully saturated rings. The Bertz CT molecular complexity index is 503. The first kappa shape index (κ1) is 15.4. The van der Waals surface area contributed by atoms with E-state index >= 15 is 0 Å². The van der Waals surface area contributed by atoms with Gasteiger partial charge in [-0.15, -0.1) is 22.7 Å². The molecule has 2 aromatic rings. The molecule has 0 aliphatic carbocycles. The molecule has 0 atom stereocenters. The Kier molecular flexibility index (Phi) is 5.95. The molecular formula is C16H21NOS2. The van der Waals surface area contributed by atoms with Crippen molar-refractivity contribution in [3.63, 3.8) is 0 Å². The number of Topliss-reactive ketones (excluding diaryl/α,β-unsaturated/α-hetero) is 1. The molecule has 0 saturated heterocycles. The van der Waals surface area contributed by atoms with Crippen LogP contribution >= 0.6 is 22.7 Å². The second kappa shape index (κ2) is 7.72. The maximum atomic E-state index is 12.0. The normalized spacial score (nSPS) is 11.4. The van der Waals surface area contributed by atoms with Crippen LogP contribution in [0.15, 0.2) is 35.0 Å². The van der Waals surface area contributed by atoms with Gasteiger partial charge >= 0.3 is 0 Å². The summed E-state index contributed by atoms with van der Waals surface area (Å²) < 4.78 is 0. The third kappa shape index (κ3) is 4.54. The van der Waals surface area contributed by atoms with Crippen molar-refractivity contribution in [2.75, 3.05) is 6.54 Å². The molecule has 4 heteroatoms. The topological polar surface area (TPSA) is 20.3 Å². The van der Waals surface area contributed by atoms with Gasteiger partial charge in [0.1, 0.15) is 0 Å². The molecule has 0 aliphatic heterocycles. The molecule has 0 aromatic carbocycles. The Hall–Kier alpha value is -0.970. The number of hydrogen-bond acceptors (Lipinski definition) is 4. The summed E-state index contributed by atoms with van der Waals surface area (Å²) in [4.78, 5) is 16.7. The summed E-state index contributed by atoms with van der Waals surface area (Å²) in [5.41, 5.74) is 0. The fourth-order valence-corrected chi connectivity index (χ4v) is 3.55. The van der Waals surface area contributed by atoms with E-state index in [1.54, 1.807) is 11.3 Å². The Balaban J connectivity index is 1.79. The lowest BCUT2D eigenvalue weighted by Crippen LogP contribution is -2.31. The molecule has 0 bridgehead atoms. The Morgan fingerprint density at radius 1 is 1.20 bits per heavy atom. The van der Waals surface area contributed by atoms with E-state index in [2.05, 4.69) is 36.3 Å². The lowest BCUT2D eigenvalue weighted by Gasteiger charge is -2.25. The summed E-state index contributed by atoms with van der Waals surface area (Å²) in [5.74, 6) is 0.278. The SMILES string of the molecule is CC(C)N(CCCC(=O)c1cccs1)Cc1cccs1. The molecular weight excluding hydrogens is 286 g/mol. The van der Waals surface area contributed by atoms with Gasteiger partial charge in [-0.05, 0) is 49.7 Å². The van der Waals surface area contributed by atoms with Gasteiger partial charge in [-0.3, -0.25) is 9.69 Å². The fraction of sp³-hybridized carbons (Fsp3) is 0.438. The van der Waals surface area contributed by atoms with Crippen molar-refractivity contribution in [3.8, 4) is 0 Å². The van der Waals surface area contributed by atoms with Gasteiger partial charge in [0, 0.05) is 23.9 Å². The molecule has 0 aliphatic rings. The van der Waals surface area contributed by atoms with Crippen LogP contribution in [-0.2, 0) is 6.54 Å². The zero-order valence-corrected chi connectivity index (χ0v) is 13.7. The minimum absolute atomic E-state index is 0.278. The predicted molar refractivity (Wildman–Crippen MR) is 87.7 cm³/mol. The summed E-state index contributed by atoms with van der Waals surface area (Å²) in [5, 5.41) is 4.08. The number of nitrogens with zero attached hydrogens (tertiary/aromatic N) is 1. The second-order valence-corrected chi connectivity index (χ2v) is 7.13. The molecule has 2 nitrogen and oxygen atoms in total. The summed E-state index contributed by atoms with van der Waals surface area (Å²) in [6, 6.07) is 8.64. The van der Waals surface area contributed by atoms with E-state index in [0.717, 1.165) is 24.4 Å². The van der Waals surface area contributed by atoms with Gasteiger partial charge in [-0.1, -0.05) is 12.1 Å². The molecule has 2 rings (SSSR count). The number of hydrogen-bond donors (Lipinski definition) is 0. The predicted octanol–water partition coefficient (Wildman–Crippen LogP) is 4.68. The molecule has 0 unspecified atom stereocenters. The summed E-state index contributed by atoms with van der Waals surface area (Å²) in [7, 11) is 0. The molecule has 0 radical (unpaired) electrons. The number of carbonyl (C=O) groups is 1. The average Bonchev–Trinajstić information content (AvgIpc) is 3.10. The molecule has 0 amide bonds. The van der Waals surface area contributed by atoms with E-state index in [9.17, 15) is 4.79 Å². The summed E-state index contributed by atoms with van der Waals surface area (Å²) in [6.07, 6.45) is 1.58. The zero-order valence-electron chi connectivity index (χ0n) is 12.0. The maximum absolute atomic E-state index is 12.0. The van der Waals surface area contributed by atoms with Gasteiger partial charge in [-0.25, -0.2) is 0 Å². The Labute approximate surface area is 129 Å². The highest BCUT2D eigenvalue weighted by molar-refractivity contribution is 7.12. The second-order valence-electron chi connectivity index (χ2n) is 5.15. The molecule has 0 spiro atoms. The van der Waals surface area contributed by atoms with Crippen molar-refractivity contribution in [3.05, 3.63) is 44.8 Å². The van der Waals surface area contributed by atoms with Gasteiger partial charge in [-0.2, -0.15) is 0 Å². The zero-order chi connectivity index (χ0) is 14.4. The van der Waals surface area contributed by atoms with Gasteiger partial charge in [0.05, 0.1) is 4.88 Å². The van der Waals surface area contributed by atoms with Crippen LogP contribution in [0.25, 0.3) is 0 Å². The lowest BCUT2D eigenvalue weighted by molar-refractivity contribution is 0.0975. The number of ketones is 1. The van der Waals surface area contributed by atoms with Crippen LogP contribution in [0, 0.1) is 0 Å². The van der Waals surface area contributed by atoms with E-state index in [-0.39, 0.29) is 5.78 Å². The maximum Gasteiger partial charge on any atom is 0.172 e. The van der Waals surface area contributed by atoms with Crippen molar-refractivity contribution in [2.45, 2.75) is 39.3 Å². The van der Waals surface area contributed by atoms with Crippen molar-refractivity contribution in [1.29, 1.82) is 0 Å². The van der Waals surface area contributed by atoms with Gasteiger partial charge < -0.3 is 0 Å². The number of thiophene rings is 2. The molecule has 0 N–H and O–H groups in total. The van der Waals surface area contributed by atoms with Crippen LogP contribution in [0.5, 0.6) is 0 Å². The first-order chi connectivity index (χ1) is 9.66. The first-order valence-corrected chi connectivity index (χ1v) is 8.76. The average molecular weight is 307 g/mol. The molecule has 2 aromatic heterocycles. The van der Waals surface area contributed by atoms with E-state index < -0.39 is 0 Å². The minimum atomic E-state index is 0.278. The monoisotopic (exact) mass is 307 g/mol. The minimum Gasteiger partial charge on any atom is -0.296 e. The smallest absolute Gasteiger partial charge is 0.172 e. The summed E-state index contributed by atoms with van der Waals surface area (Å²) >= 11 is 3.34.